The summed E-state index contributed by atoms with van der Waals surface area (Å²) in [5.74, 6) is 1.50. The molecule has 0 bridgehead atoms. The number of hydrazine groups is 1. The van der Waals surface area contributed by atoms with Crippen molar-refractivity contribution in [3.63, 3.8) is 0 Å². The molecule has 1 atom stereocenters. The number of anilines is 1. The summed E-state index contributed by atoms with van der Waals surface area (Å²) in [5.41, 5.74) is 9.78. The van der Waals surface area contributed by atoms with E-state index in [-0.39, 0.29) is 12.1 Å². The lowest BCUT2D eigenvalue weighted by atomic mass is 9.89. The first kappa shape index (κ1) is 16.5. The van der Waals surface area contributed by atoms with E-state index in [1.54, 1.807) is 0 Å². The van der Waals surface area contributed by atoms with Crippen molar-refractivity contribution in [1.82, 2.24) is 15.8 Å². The summed E-state index contributed by atoms with van der Waals surface area (Å²) in [6.45, 7) is 2.95. The average molecular weight is 361 g/mol. The van der Waals surface area contributed by atoms with Gasteiger partial charge in [-0.05, 0) is 49.5 Å². The minimum atomic E-state index is -0.216. The molecule has 27 heavy (non-hydrogen) atoms. The Hall–Kier alpha value is -2.70. The van der Waals surface area contributed by atoms with E-state index in [0.717, 1.165) is 36.7 Å². The van der Waals surface area contributed by atoms with E-state index in [1.807, 2.05) is 18.2 Å². The number of benzene rings is 2. The lowest BCUT2D eigenvalue weighted by Gasteiger charge is -2.35. The summed E-state index contributed by atoms with van der Waals surface area (Å²) in [6, 6.07) is 16.6. The minimum Gasteiger partial charge on any atom is -0.343 e. The van der Waals surface area contributed by atoms with Gasteiger partial charge < -0.3 is 5.32 Å². The van der Waals surface area contributed by atoms with Crippen LogP contribution >= 0.6 is 0 Å². The largest absolute Gasteiger partial charge is 0.343 e. The molecule has 0 aliphatic carbocycles. The molecular weight excluding hydrogens is 338 g/mol. The molecule has 3 N–H and O–H groups in total. The van der Waals surface area contributed by atoms with Crippen molar-refractivity contribution in [2.24, 2.45) is 4.99 Å². The lowest BCUT2D eigenvalue weighted by molar-refractivity contribution is 0.0908. The minimum absolute atomic E-state index is 0.105. The fourth-order valence-corrected chi connectivity index (χ4v) is 4.32. The van der Waals surface area contributed by atoms with E-state index in [9.17, 15) is 4.79 Å². The fourth-order valence-electron chi connectivity index (χ4n) is 4.32. The smallest absolute Gasteiger partial charge is 0.265 e. The molecule has 1 fully saturated rings. The number of rotatable bonds is 3. The van der Waals surface area contributed by atoms with Crippen molar-refractivity contribution in [3.05, 3.63) is 65.2 Å². The number of piperidine rings is 1. The van der Waals surface area contributed by atoms with Gasteiger partial charge in [-0.3, -0.25) is 15.1 Å². The van der Waals surface area contributed by atoms with E-state index in [2.05, 4.69) is 51.4 Å². The molecule has 1 unspecified atom stereocenters. The quantitative estimate of drug-likeness (QED) is 0.786. The third-order valence-electron chi connectivity index (χ3n) is 5.74. The zero-order chi connectivity index (χ0) is 18.2. The Morgan fingerprint density at radius 3 is 2.67 bits per heavy atom. The first-order valence-corrected chi connectivity index (χ1v) is 9.58. The molecule has 3 aliphatic rings. The Balaban J connectivity index is 1.27. The monoisotopic (exact) mass is 361 g/mol. The van der Waals surface area contributed by atoms with Crippen LogP contribution in [0, 0.1) is 0 Å². The van der Waals surface area contributed by atoms with Gasteiger partial charge in [0.1, 0.15) is 12.0 Å². The second-order valence-electron chi connectivity index (χ2n) is 7.43. The van der Waals surface area contributed by atoms with Crippen molar-refractivity contribution in [1.29, 1.82) is 0 Å². The molecule has 138 valence electrons. The van der Waals surface area contributed by atoms with Crippen LogP contribution in [0.5, 0.6) is 0 Å². The van der Waals surface area contributed by atoms with Crippen LogP contribution in [-0.2, 0) is 0 Å². The summed E-state index contributed by atoms with van der Waals surface area (Å²) in [6.07, 6.45) is 2.14. The highest BCUT2D eigenvalue weighted by Crippen LogP contribution is 2.33. The molecule has 3 aliphatic heterocycles. The highest BCUT2D eigenvalue weighted by atomic mass is 16.2. The van der Waals surface area contributed by atoms with Gasteiger partial charge in [0.25, 0.3) is 5.91 Å². The number of carbonyl (C=O) groups is 1. The predicted molar refractivity (Wildman–Crippen MR) is 106 cm³/mol. The Bertz CT molecular complexity index is 887. The zero-order valence-corrected chi connectivity index (χ0v) is 15.1. The van der Waals surface area contributed by atoms with Crippen LogP contribution in [0.15, 0.2) is 53.5 Å². The molecule has 2 aromatic rings. The molecule has 1 amide bonds. The summed E-state index contributed by atoms with van der Waals surface area (Å²) in [7, 11) is 0. The maximum atomic E-state index is 12.0. The van der Waals surface area contributed by atoms with Crippen molar-refractivity contribution in [2.45, 2.75) is 24.9 Å². The Morgan fingerprint density at radius 2 is 1.85 bits per heavy atom. The number of amidine groups is 1. The number of hydrogen-bond acceptors (Lipinski definition) is 5. The van der Waals surface area contributed by atoms with Crippen molar-refractivity contribution in [2.75, 3.05) is 25.0 Å². The van der Waals surface area contributed by atoms with Crippen molar-refractivity contribution in [3.8, 4) is 0 Å². The molecule has 2 aromatic carbocycles. The number of nitrogens with zero attached hydrogens (tertiary/aromatic N) is 2. The molecule has 0 aromatic heterocycles. The summed E-state index contributed by atoms with van der Waals surface area (Å²) in [5, 5.41) is 3.44. The van der Waals surface area contributed by atoms with Crippen LogP contribution in [0.3, 0.4) is 0 Å². The van der Waals surface area contributed by atoms with Crippen LogP contribution in [-0.4, -0.2) is 36.3 Å². The fraction of sp³-hybridized carbons (Fsp3) is 0.333. The third kappa shape index (κ3) is 3.11. The van der Waals surface area contributed by atoms with Gasteiger partial charge in [0.05, 0.1) is 6.54 Å². The maximum absolute atomic E-state index is 12.0. The van der Waals surface area contributed by atoms with Crippen LogP contribution in [0.1, 0.15) is 46.4 Å². The van der Waals surface area contributed by atoms with Gasteiger partial charge in [0.15, 0.2) is 0 Å². The number of hydrogen-bond donors (Lipinski definition) is 3. The molecule has 5 rings (SSSR count). The normalized spacial score (nSPS) is 22.4. The van der Waals surface area contributed by atoms with Crippen molar-refractivity contribution < 1.29 is 4.79 Å². The van der Waals surface area contributed by atoms with Crippen LogP contribution in [0.25, 0.3) is 0 Å². The predicted octanol–water partition coefficient (Wildman–Crippen LogP) is 2.64. The number of amides is 1. The van der Waals surface area contributed by atoms with Crippen LogP contribution in [0.2, 0.25) is 0 Å². The maximum Gasteiger partial charge on any atom is 0.265 e. The number of aliphatic imine (C=N–C) groups is 1. The van der Waals surface area contributed by atoms with Gasteiger partial charge in [-0.1, -0.05) is 36.4 Å². The highest BCUT2D eigenvalue weighted by molar-refractivity contribution is 6.04. The average Bonchev–Trinajstić information content (AvgIpc) is 2.72. The second kappa shape index (κ2) is 6.79. The molecule has 0 radical (unpaired) electrons. The van der Waals surface area contributed by atoms with Gasteiger partial charge in [-0.25, -0.2) is 10.4 Å². The van der Waals surface area contributed by atoms with Crippen LogP contribution < -0.4 is 16.2 Å². The van der Waals surface area contributed by atoms with Gasteiger partial charge >= 0.3 is 0 Å². The van der Waals surface area contributed by atoms with Gasteiger partial charge in [0.2, 0.25) is 0 Å². The van der Waals surface area contributed by atoms with E-state index < -0.39 is 0 Å². The number of nitrogens with one attached hydrogen (secondary N) is 3. The summed E-state index contributed by atoms with van der Waals surface area (Å²) < 4.78 is 0. The van der Waals surface area contributed by atoms with Gasteiger partial charge in [-0.15, -0.1) is 0 Å². The van der Waals surface area contributed by atoms with Gasteiger partial charge in [-0.2, -0.15) is 0 Å². The summed E-state index contributed by atoms with van der Waals surface area (Å²) in [4.78, 5) is 19.3. The molecule has 1 saturated heterocycles. The molecule has 3 heterocycles. The molecule has 6 nitrogen and oxygen atoms in total. The first-order chi connectivity index (χ1) is 13.3. The third-order valence-corrected chi connectivity index (χ3v) is 5.74. The summed E-state index contributed by atoms with van der Waals surface area (Å²) >= 11 is 0. The first-order valence-electron chi connectivity index (χ1n) is 9.58. The number of carbonyl (C=O) groups excluding carboxylic acids is 1. The molecule has 6 heteroatoms. The molecule has 0 saturated carbocycles. The van der Waals surface area contributed by atoms with E-state index in [1.165, 1.54) is 18.4 Å². The topological polar surface area (TPSA) is 68.8 Å². The SMILES string of the molecule is O=C1NNC2N=C(CN3CCC(c4ccccc4)CC3)Nc3cccc1c32. The Labute approximate surface area is 158 Å². The Kier molecular flexibility index (Phi) is 4.14. The van der Waals surface area contributed by atoms with Crippen molar-refractivity contribution >= 4 is 17.4 Å². The zero-order valence-electron chi connectivity index (χ0n) is 15.1. The lowest BCUT2D eigenvalue weighted by Crippen LogP contribution is -2.48. The Morgan fingerprint density at radius 1 is 1.04 bits per heavy atom. The van der Waals surface area contributed by atoms with Gasteiger partial charge in [0, 0.05) is 16.8 Å². The van der Waals surface area contributed by atoms with E-state index >= 15 is 0 Å². The second-order valence-corrected chi connectivity index (χ2v) is 7.43. The van der Waals surface area contributed by atoms with Crippen LogP contribution in [0.4, 0.5) is 5.69 Å². The standard InChI is InChI=1S/C21H23N5O/c27-21-16-7-4-8-17-19(16)20(24-25-21)23-18(22-17)13-26-11-9-15(10-12-26)14-5-2-1-3-6-14/h1-8,15,20,24H,9-13H2,(H,22,23)(H,25,27). The number of likely N-dealkylation sites (tertiary alicyclic amines) is 1. The molecular formula is C21H23N5O. The highest BCUT2D eigenvalue weighted by Gasteiger charge is 2.31. The molecule has 0 spiro atoms. The van der Waals surface area contributed by atoms with E-state index in [4.69, 9.17) is 4.99 Å². The van der Waals surface area contributed by atoms with E-state index in [0.29, 0.717) is 11.5 Å².